The quantitative estimate of drug-likeness (QED) is 0.287. The fourth-order valence-electron chi connectivity index (χ4n) is 3.86. The summed E-state index contributed by atoms with van der Waals surface area (Å²) in [5.74, 6) is 1.02. The van der Waals surface area contributed by atoms with Gasteiger partial charge in [-0.1, -0.05) is 59.8 Å². The van der Waals surface area contributed by atoms with E-state index in [9.17, 15) is 5.11 Å². The van der Waals surface area contributed by atoms with Crippen molar-refractivity contribution >= 4 is 0 Å². The molecule has 172 valence electrons. The Bertz CT molecular complexity index is 1260. The largest absolute Gasteiger partial charge is 0.507 e. The summed E-state index contributed by atoms with van der Waals surface area (Å²) in [6, 6.07) is 21.9. The van der Waals surface area contributed by atoms with Crippen molar-refractivity contribution < 1.29 is 9.84 Å². The summed E-state index contributed by atoms with van der Waals surface area (Å²) >= 11 is 0. The van der Waals surface area contributed by atoms with Gasteiger partial charge in [-0.15, -0.1) is 18.3 Å². The SMILES string of the molecule is C=CCc1ccc(O)c(-c2ccc(OCc3cn(CCc4ccccc4)nn3)c(CC=C)c2)c1. The lowest BCUT2D eigenvalue weighted by molar-refractivity contribution is 0.298. The Morgan fingerprint density at radius 1 is 0.912 bits per heavy atom. The molecular formula is C29H29N3O2. The van der Waals surface area contributed by atoms with Crippen molar-refractivity contribution in [1.82, 2.24) is 15.0 Å². The first-order valence-electron chi connectivity index (χ1n) is 11.4. The molecule has 34 heavy (non-hydrogen) atoms. The van der Waals surface area contributed by atoms with Gasteiger partial charge in [0, 0.05) is 12.1 Å². The Morgan fingerprint density at radius 2 is 1.74 bits per heavy atom. The van der Waals surface area contributed by atoms with Crippen LogP contribution in [0.25, 0.3) is 11.1 Å². The zero-order valence-electron chi connectivity index (χ0n) is 19.2. The smallest absolute Gasteiger partial charge is 0.134 e. The van der Waals surface area contributed by atoms with Crippen LogP contribution in [0.4, 0.5) is 0 Å². The van der Waals surface area contributed by atoms with Crippen LogP contribution in [0, 0.1) is 0 Å². The number of ether oxygens (including phenoxy) is 1. The lowest BCUT2D eigenvalue weighted by Gasteiger charge is -2.13. The molecule has 0 saturated heterocycles. The first kappa shape index (κ1) is 23.1. The number of nitrogens with zero attached hydrogens (tertiary/aromatic N) is 3. The molecule has 0 atom stereocenters. The third-order valence-electron chi connectivity index (χ3n) is 5.61. The first-order chi connectivity index (χ1) is 16.7. The number of aromatic hydroxyl groups is 1. The maximum Gasteiger partial charge on any atom is 0.134 e. The normalized spacial score (nSPS) is 10.7. The molecule has 1 N–H and O–H groups in total. The molecule has 5 heteroatoms. The highest BCUT2D eigenvalue weighted by molar-refractivity contribution is 5.72. The number of phenols is 1. The summed E-state index contributed by atoms with van der Waals surface area (Å²) in [6.07, 6.45) is 7.93. The van der Waals surface area contributed by atoms with E-state index in [1.807, 2.05) is 71.6 Å². The summed E-state index contributed by atoms with van der Waals surface area (Å²) in [5, 5.41) is 18.9. The van der Waals surface area contributed by atoms with Crippen LogP contribution < -0.4 is 4.74 Å². The predicted molar refractivity (Wildman–Crippen MR) is 136 cm³/mol. The average Bonchev–Trinajstić information content (AvgIpc) is 3.32. The zero-order valence-corrected chi connectivity index (χ0v) is 19.2. The number of allylic oxidation sites excluding steroid dienone is 2. The zero-order chi connectivity index (χ0) is 23.8. The van der Waals surface area contributed by atoms with Crippen LogP contribution >= 0.6 is 0 Å². The first-order valence-corrected chi connectivity index (χ1v) is 11.4. The molecule has 0 saturated carbocycles. The number of aromatic nitrogens is 3. The Hall–Kier alpha value is -4.12. The molecule has 0 bridgehead atoms. The van der Waals surface area contributed by atoms with E-state index in [2.05, 4.69) is 35.6 Å². The van der Waals surface area contributed by atoms with Gasteiger partial charge < -0.3 is 9.84 Å². The van der Waals surface area contributed by atoms with Crippen LogP contribution in [0.5, 0.6) is 11.5 Å². The highest BCUT2D eigenvalue weighted by atomic mass is 16.5. The van der Waals surface area contributed by atoms with E-state index in [4.69, 9.17) is 4.74 Å². The van der Waals surface area contributed by atoms with Gasteiger partial charge in [0.1, 0.15) is 23.8 Å². The van der Waals surface area contributed by atoms with Crippen LogP contribution in [0.3, 0.4) is 0 Å². The van der Waals surface area contributed by atoms with Crippen LogP contribution in [0.2, 0.25) is 0 Å². The average molecular weight is 452 g/mol. The minimum atomic E-state index is 0.248. The minimum Gasteiger partial charge on any atom is -0.507 e. The number of hydrogen-bond donors (Lipinski definition) is 1. The highest BCUT2D eigenvalue weighted by Gasteiger charge is 2.11. The molecule has 4 rings (SSSR count). The fraction of sp³-hybridized carbons (Fsp3) is 0.172. The van der Waals surface area contributed by atoms with Gasteiger partial charge in [-0.3, -0.25) is 4.68 Å². The number of phenolic OH excluding ortho intramolecular Hbond substituents is 1. The summed E-state index contributed by atoms with van der Waals surface area (Å²) in [7, 11) is 0. The molecular weight excluding hydrogens is 422 g/mol. The molecule has 3 aromatic carbocycles. The molecule has 0 aliphatic carbocycles. The van der Waals surface area contributed by atoms with Crippen LogP contribution in [-0.2, 0) is 32.4 Å². The van der Waals surface area contributed by atoms with Crippen molar-refractivity contribution in [2.45, 2.75) is 32.4 Å². The van der Waals surface area contributed by atoms with Gasteiger partial charge in [-0.25, -0.2) is 0 Å². The standard InChI is InChI=1S/C29H29N3O2/c1-3-8-23-12-14-28(33)27(18-23)24-13-15-29(25(19-24)9-4-2)34-21-26-20-32(31-30-26)17-16-22-10-6-5-7-11-22/h3-7,10-15,18-20,33H,1-2,8-9,16-17,21H2. The van der Waals surface area contributed by atoms with Crippen LogP contribution in [0.15, 0.2) is 98.2 Å². The molecule has 0 amide bonds. The summed E-state index contributed by atoms with van der Waals surface area (Å²) < 4.78 is 7.94. The molecule has 0 aliphatic heterocycles. The Kier molecular flexibility index (Phi) is 7.56. The lowest BCUT2D eigenvalue weighted by Crippen LogP contribution is -2.02. The lowest BCUT2D eigenvalue weighted by atomic mass is 9.97. The summed E-state index contributed by atoms with van der Waals surface area (Å²) in [6.45, 7) is 8.78. The fourth-order valence-corrected chi connectivity index (χ4v) is 3.86. The number of rotatable bonds is 11. The maximum absolute atomic E-state index is 10.4. The number of hydrogen-bond acceptors (Lipinski definition) is 4. The Labute approximate surface area is 200 Å². The van der Waals surface area contributed by atoms with Crippen molar-refractivity contribution in [1.29, 1.82) is 0 Å². The second-order valence-electron chi connectivity index (χ2n) is 8.16. The van der Waals surface area contributed by atoms with Gasteiger partial charge in [-0.05, 0) is 65.8 Å². The Balaban J connectivity index is 1.45. The van der Waals surface area contributed by atoms with Gasteiger partial charge >= 0.3 is 0 Å². The molecule has 0 spiro atoms. The molecule has 1 heterocycles. The summed E-state index contributed by atoms with van der Waals surface area (Å²) in [4.78, 5) is 0. The van der Waals surface area contributed by atoms with E-state index in [0.717, 1.165) is 53.1 Å². The monoisotopic (exact) mass is 451 g/mol. The number of aryl methyl sites for hydroxylation is 2. The molecule has 0 radical (unpaired) electrons. The van der Waals surface area contributed by atoms with Gasteiger partial charge in [-0.2, -0.15) is 0 Å². The van der Waals surface area contributed by atoms with E-state index in [1.165, 1.54) is 5.56 Å². The van der Waals surface area contributed by atoms with E-state index in [-0.39, 0.29) is 5.75 Å². The van der Waals surface area contributed by atoms with Crippen molar-refractivity contribution in [2.75, 3.05) is 0 Å². The highest BCUT2D eigenvalue weighted by Crippen LogP contribution is 2.34. The minimum absolute atomic E-state index is 0.248. The van der Waals surface area contributed by atoms with Crippen LogP contribution in [-0.4, -0.2) is 20.1 Å². The van der Waals surface area contributed by atoms with Gasteiger partial charge in [0.15, 0.2) is 0 Å². The van der Waals surface area contributed by atoms with Crippen molar-refractivity contribution in [2.24, 2.45) is 0 Å². The van der Waals surface area contributed by atoms with Gasteiger partial charge in [0.05, 0.1) is 6.20 Å². The van der Waals surface area contributed by atoms with Crippen LogP contribution in [0.1, 0.15) is 22.4 Å². The van der Waals surface area contributed by atoms with E-state index >= 15 is 0 Å². The molecule has 4 aromatic rings. The third kappa shape index (κ3) is 5.81. The third-order valence-corrected chi connectivity index (χ3v) is 5.61. The molecule has 0 unspecified atom stereocenters. The van der Waals surface area contributed by atoms with Crippen molar-refractivity contribution in [3.8, 4) is 22.6 Å². The Morgan fingerprint density at radius 3 is 2.53 bits per heavy atom. The second kappa shape index (κ2) is 11.1. The van der Waals surface area contributed by atoms with Crippen molar-refractivity contribution in [3.63, 3.8) is 0 Å². The molecule has 5 nitrogen and oxygen atoms in total. The molecule has 0 aliphatic rings. The van der Waals surface area contributed by atoms with Crippen molar-refractivity contribution in [3.05, 3.63) is 121 Å². The number of benzene rings is 3. The maximum atomic E-state index is 10.4. The van der Waals surface area contributed by atoms with E-state index in [1.54, 1.807) is 6.07 Å². The summed E-state index contributed by atoms with van der Waals surface area (Å²) in [5.41, 5.74) is 5.86. The van der Waals surface area contributed by atoms with E-state index in [0.29, 0.717) is 13.0 Å². The van der Waals surface area contributed by atoms with E-state index < -0.39 is 0 Å². The topological polar surface area (TPSA) is 60.2 Å². The molecule has 0 fully saturated rings. The second-order valence-corrected chi connectivity index (χ2v) is 8.16. The predicted octanol–water partition coefficient (Wildman–Crippen LogP) is 5.93. The van der Waals surface area contributed by atoms with Gasteiger partial charge in [0.25, 0.3) is 0 Å². The van der Waals surface area contributed by atoms with Gasteiger partial charge in [0.2, 0.25) is 0 Å². The molecule has 1 aromatic heterocycles.